The summed E-state index contributed by atoms with van der Waals surface area (Å²) in [5, 5.41) is 14.3. The Hall–Kier alpha value is -3.51. The van der Waals surface area contributed by atoms with Crippen LogP contribution in [0.1, 0.15) is 11.6 Å². The van der Waals surface area contributed by atoms with Gasteiger partial charge in [0.2, 0.25) is 0 Å². The van der Waals surface area contributed by atoms with Crippen molar-refractivity contribution in [1.82, 2.24) is 20.2 Å². The molecule has 12 heteroatoms. The molecule has 33 heavy (non-hydrogen) atoms. The van der Waals surface area contributed by atoms with E-state index in [-0.39, 0.29) is 24.9 Å². The van der Waals surface area contributed by atoms with Gasteiger partial charge in [-0.05, 0) is 28.6 Å². The number of amides is 1. The Morgan fingerprint density at radius 2 is 1.85 bits per heavy atom. The molecule has 1 amide bonds. The molecule has 5 rings (SSSR count). The normalized spacial score (nSPS) is 24.5. The summed E-state index contributed by atoms with van der Waals surface area (Å²) in [5.41, 5.74) is -0.0731. The van der Waals surface area contributed by atoms with Gasteiger partial charge in [-0.2, -0.15) is 13.2 Å². The molecule has 0 radical (unpaired) electrons. The number of carbonyl (C=O) groups is 1. The first kappa shape index (κ1) is 21.3. The van der Waals surface area contributed by atoms with Crippen molar-refractivity contribution in [2.45, 2.75) is 30.5 Å². The van der Waals surface area contributed by atoms with E-state index in [0.717, 1.165) is 17.7 Å². The molecule has 4 atom stereocenters. The first-order valence-corrected chi connectivity index (χ1v) is 10.1. The zero-order valence-corrected chi connectivity index (χ0v) is 17.0. The molecule has 2 fully saturated rings. The van der Waals surface area contributed by atoms with Crippen LogP contribution < -0.4 is 5.32 Å². The lowest BCUT2D eigenvalue weighted by atomic mass is 10.1. The van der Waals surface area contributed by atoms with E-state index >= 15 is 0 Å². The lowest BCUT2D eigenvalue weighted by molar-refractivity contribution is -0.137. The van der Waals surface area contributed by atoms with E-state index < -0.39 is 36.1 Å². The van der Waals surface area contributed by atoms with Crippen molar-refractivity contribution in [3.8, 4) is 11.4 Å². The molecule has 3 heterocycles. The topological polar surface area (TPSA) is 100 Å². The van der Waals surface area contributed by atoms with Crippen molar-refractivity contribution >= 4 is 11.8 Å². The molecule has 172 valence electrons. The van der Waals surface area contributed by atoms with Crippen LogP contribution in [0.25, 0.3) is 11.4 Å². The van der Waals surface area contributed by atoms with E-state index in [4.69, 9.17) is 14.2 Å². The predicted molar refractivity (Wildman–Crippen MR) is 107 cm³/mol. The number of hydrogen-bond acceptors (Lipinski definition) is 7. The minimum atomic E-state index is -4.52. The number of ether oxygens (including phenoxy) is 3. The summed E-state index contributed by atoms with van der Waals surface area (Å²) in [7, 11) is 0. The smallest absolute Gasteiger partial charge is 0.416 e. The fourth-order valence-corrected chi connectivity index (χ4v) is 4.01. The van der Waals surface area contributed by atoms with Gasteiger partial charge in [0.25, 0.3) is 0 Å². The lowest BCUT2D eigenvalue weighted by Gasteiger charge is -2.18. The van der Waals surface area contributed by atoms with Gasteiger partial charge >= 0.3 is 12.3 Å². The number of anilines is 1. The molecule has 4 unspecified atom stereocenters. The number of aromatic nitrogens is 4. The first-order chi connectivity index (χ1) is 15.9. The molecule has 2 aliphatic rings. The molecule has 0 bridgehead atoms. The number of hydrogen-bond donors (Lipinski definition) is 1. The Balaban J connectivity index is 1.25. The molecule has 1 aromatic heterocycles. The molecular weight excluding hydrogens is 443 g/mol. The highest BCUT2D eigenvalue weighted by atomic mass is 19.4. The molecule has 9 nitrogen and oxygen atoms in total. The monoisotopic (exact) mass is 461 g/mol. The maximum Gasteiger partial charge on any atom is 0.416 e. The van der Waals surface area contributed by atoms with Gasteiger partial charge in [0.15, 0.2) is 11.9 Å². The summed E-state index contributed by atoms with van der Waals surface area (Å²) in [4.78, 5) is 12.3. The molecule has 3 aromatic rings. The zero-order valence-electron chi connectivity index (χ0n) is 17.0. The van der Waals surface area contributed by atoms with Gasteiger partial charge in [0.05, 0.1) is 18.8 Å². The van der Waals surface area contributed by atoms with Gasteiger partial charge in [-0.25, -0.2) is 9.48 Å². The van der Waals surface area contributed by atoms with Crippen molar-refractivity contribution < 1.29 is 32.2 Å². The Morgan fingerprint density at radius 1 is 1.06 bits per heavy atom. The molecule has 2 aromatic carbocycles. The summed E-state index contributed by atoms with van der Waals surface area (Å²) >= 11 is 0. The van der Waals surface area contributed by atoms with Gasteiger partial charge in [0, 0.05) is 11.3 Å². The van der Waals surface area contributed by atoms with Crippen LogP contribution in [0.2, 0.25) is 0 Å². The summed E-state index contributed by atoms with van der Waals surface area (Å²) in [6.45, 7) is 0.319. The Bertz CT molecular complexity index is 1140. The van der Waals surface area contributed by atoms with Gasteiger partial charge in [-0.15, -0.1) is 5.10 Å². The number of fused-ring (bicyclic) bond motifs is 1. The van der Waals surface area contributed by atoms with Crippen LogP contribution in [0.5, 0.6) is 0 Å². The maximum absolute atomic E-state index is 12.9. The summed E-state index contributed by atoms with van der Waals surface area (Å²) in [5.74, 6) is 0.556. The third-order valence-electron chi connectivity index (χ3n) is 5.52. The van der Waals surface area contributed by atoms with E-state index in [2.05, 4.69) is 20.8 Å². The molecule has 1 N–H and O–H groups in total. The van der Waals surface area contributed by atoms with E-state index in [1.54, 1.807) is 4.68 Å². The Labute approximate surface area is 185 Å². The second-order valence-electron chi connectivity index (χ2n) is 7.62. The van der Waals surface area contributed by atoms with Gasteiger partial charge in [0.1, 0.15) is 18.2 Å². The highest BCUT2D eigenvalue weighted by Gasteiger charge is 2.51. The van der Waals surface area contributed by atoms with E-state index in [1.807, 2.05) is 30.3 Å². The van der Waals surface area contributed by atoms with Crippen molar-refractivity contribution in [2.24, 2.45) is 0 Å². The number of tetrazole rings is 1. The third-order valence-corrected chi connectivity index (χ3v) is 5.52. The average Bonchev–Trinajstić information content (AvgIpc) is 3.51. The summed E-state index contributed by atoms with van der Waals surface area (Å²) in [6, 6.07) is 13.4. The van der Waals surface area contributed by atoms with Crippen LogP contribution in [0, 0.1) is 0 Å². The van der Waals surface area contributed by atoms with Crippen LogP contribution in [-0.2, 0) is 20.4 Å². The van der Waals surface area contributed by atoms with Crippen molar-refractivity contribution in [3.63, 3.8) is 0 Å². The van der Waals surface area contributed by atoms with Crippen molar-refractivity contribution in [1.29, 1.82) is 0 Å². The summed E-state index contributed by atoms with van der Waals surface area (Å²) < 4.78 is 57.3. The molecule has 0 aliphatic carbocycles. The molecule has 0 saturated carbocycles. The Morgan fingerprint density at radius 3 is 2.64 bits per heavy atom. The molecule has 2 saturated heterocycles. The van der Waals surface area contributed by atoms with E-state index in [9.17, 15) is 18.0 Å². The number of carbonyl (C=O) groups excluding carboxylic acids is 1. The van der Waals surface area contributed by atoms with Gasteiger partial charge in [-0.3, -0.25) is 5.32 Å². The van der Waals surface area contributed by atoms with Crippen molar-refractivity contribution in [3.05, 3.63) is 60.2 Å². The number of benzene rings is 2. The molecular formula is C21H18F3N5O4. The van der Waals surface area contributed by atoms with Crippen molar-refractivity contribution in [2.75, 3.05) is 18.5 Å². The highest BCUT2D eigenvalue weighted by molar-refractivity contribution is 5.84. The van der Waals surface area contributed by atoms with Gasteiger partial charge < -0.3 is 14.2 Å². The predicted octanol–water partition coefficient (Wildman–Crippen LogP) is 3.31. The van der Waals surface area contributed by atoms with Crippen LogP contribution in [-0.4, -0.2) is 57.8 Å². The minimum absolute atomic E-state index is 0.0308. The fraction of sp³-hybridized carbons (Fsp3) is 0.333. The van der Waals surface area contributed by atoms with Crippen LogP contribution >= 0.6 is 0 Å². The number of halogens is 3. The SMILES string of the molecule is O=C(Nc1cccc(C(F)(F)F)c1)OC1COC2C1OCC2n1nnnc1-c1ccccc1. The quantitative estimate of drug-likeness (QED) is 0.636. The highest BCUT2D eigenvalue weighted by Crippen LogP contribution is 2.37. The van der Waals surface area contributed by atoms with E-state index in [1.165, 1.54) is 12.1 Å². The number of alkyl halides is 3. The summed E-state index contributed by atoms with van der Waals surface area (Å²) in [6.07, 6.45) is -7.17. The minimum Gasteiger partial charge on any atom is -0.441 e. The third kappa shape index (κ3) is 4.26. The standard InChI is InChI=1S/C21H18F3N5O4/c22-21(23,24)13-7-4-8-14(9-13)25-20(30)33-16-11-32-17-15(10-31-18(16)17)29-19(26-27-28-29)12-5-2-1-3-6-12/h1-9,15-18H,10-11H2,(H,25,30). The second kappa shape index (κ2) is 8.45. The van der Waals surface area contributed by atoms with E-state index in [0.29, 0.717) is 5.82 Å². The maximum atomic E-state index is 12.9. The lowest BCUT2D eigenvalue weighted by Crippen LogP contribution is -2.35. The Kier molecular flexibility index (Phi) is 5.46. The van der Waals surface area contributed by atoms with Crippen LogP contribution in [0.4, 0.5) is 23.7 Å². The largest absolute Gasteiger partial charge is 0.441 e. The fourth-order valence-electron chi connectivity index (χ4n) is 4.01. The second-order valence-corrected chi connectivity index (χ2v) is 7.62. The van der Waals surface area contributed by atoms with Crippen LogP contribution in [0.15, 0.2) is 54.6 Å². The number of nitrogens with one attached hydrogen (secondary N) is 1. The average molecular weight is 461 g/mol. The number of rotatable bonds is 4. The molecule has 0 spiro atoms. The first-order valence-electron chi connectivity index (χ1n) is 10.1. The molecule has 2 aliphatic heterocycles. The van der Waals surface area contributed by atoms with Gasteiger partial charge in [-0.1, -0.05) is 36.4 Å². The van der Waals surface area contributed by atoms with Crippen LogP contribution in [0.3, 0.4) is 0 Å². The number of nitrogens with zero attached hydrogens (tertiary/aromatic N) is 4. The zero-order chi connectivity index (χ0) is 23.0.